The minimum Gasteiger partial charge on any atom is -0.494 e. The van der Waals surface area contributed by atoms with Crippen molar-refractivity contribution in [1.29, 1.82) is 0 Å². The summed E-state index contributed by atoms with van der Waals surface area (Å²) in [5, 5.41) is 13.8. The molecule has 4 aromatic rings. The van der Waals surface area contributed by atoms with Crippen LogP contribution >= 0.6 is 0 Å². The fourth-order valence-corrected chi connectivity index (χ4v) is 4.05. The lowest BCUT2D eigenvalue weighted by molar-refractivity contribution is 0.0793. The van der Waals surface area contributed by atoms with Crippen molar-refractivity contribution >= 4 is 28.2 Å². The van der Waals surface area contributed by atoms with Crippen molar-refractivity contribution in [2.45, 2.75) is 12.8 Å². The van der Waals surface area contributed by atoms with Crippen LogP contribution in [0.15, 0.2) is 54.7 Å². The maximum absolute atomic E-state index is 14.4. The van der Waals surface area contributed by atoms with Gasteiger partial charge in [0.2, 0.25) is 0 Å². The zero-order chi connectivity index (χ0) is 22.2. The lowest BCUT2D eigenvalue weighted by Crippen LogP contribution is -2.27. The van der Waals surface area contributed by atoms with E-state index in [0.717, 1.165) is 25.9 Å². The molecule has 3 N–H and O–H groups in total. The first-order valence-electron chi connectivity index (χ1n) is 10.3. The summed E-state index contributed by atoms with van der Waals surface area (Å²) < 4.78 is 28.7. The molecule has 1 amide bonds. The number of carbonyl (C=O) groups excluding carboxylic acids is 1. The molecule has 162 valence electrons. The van der Waals surface area contributed by atoms with Crippen LogP contribution in [-0.2, 0) is 0 Å². The number of hydrogen-bond acceptors (Lipinski definition) is 4. The van der Waals surface area contributed by atoms with Crippen molar-refractivity contribution in [3.63, 3.8) is 0 Å². The van der Waals surface area contributed by atoms with E-state index in [-0.39, 0.29) is 23.0 Å². The number of anilines is 2. The van der Waals surface area contributed by atoms with Gasteiger partial charge >= 0.3 is 0 Å². The maximum Gasteiger partial charge on any atom is 0.253 e. The number of nitrogens with one attached hydrogen (secondary N) is 2. The molecule has 2 aromatic heterocycles. The second-order valence-electron chi connectivity index (χ2n) is 7.75. The Morgan fingerprint density at radius 1 is 1.06 bits per heavy atom. The first-order chi connectivity index (χ1) is 15.5. The highest BCUT2D eigenvalue weighted by atomic mass is 19.1. The number of aromatic amines is 1. The number of nitrogens with zero attached hydrogens (tertiary/aromatic N) is 2. The molecule has 1 fully saturated rings. The van der Waals surface area contributed by atoms with Crippen LogP contribution in [0.4, 0.5) is 20.2 Å². The monoisotopic (exact) mass is 434 g/mol. The number of benzene rings is 2. The SMILES string of the molecule is O=C(c1ccc(Nc2cc(-c3c(F)cccc3F)nc3c[nH]c(O)c23)cc1)N1CCCC1. The molecule has 0 radical (unpaired) electrons. The number of rotatable bonds is 4. The lowest BCUT2D eigenvalue weighted by atomic mass is 10.1. The number of fused-ring (bicyclic) bond motifs is 1. The number of pyridine rings is 1. The minimum absolute atomic E-state index is 0.000875. The minimum atomic E-state index is -0.729. The smallest absolute Gasteiger partial charge is 0.253 e. The molecule has 0 bridgehead atoms. The first-order valence-corrected chi connectivity index (χ1v) is 10.3. The molecule has 1 saturated heterocycles. The number of halogens is 2. The second-order valence-corrected chi connectivity index (χ2v) is 7.75. The highest BCUT2D eigenvalue weighted by Gasteiger charge is 2.20. The second kappa shape index (κ2) is 7.96. The molecule has 6 nitrogen and oxygen atoms in total. The van der Waals surface area contributed by atoms with Crippen molar-refractivity contribution in [3.8, 4) is 17.1 Å². The molecule has 1 aliphatic heterocycles. The van der Waals surface area contributed by atoms with Gasteiger partial charge in [0, 0.05) is 30.5 Å². The van der Waals surface area contributed by atoms with Gasteiger partial charge < -0.3 is 20.3 Å². The van der Waals surface area contributed by atoms with Gasteiger partial charge in [-0.05, 0) is 55.3 Å². The fourth-order valence-electron chi connectivity index (χ4n) is 4.05. The third-order valence-electron chi connectivity index (χ3n) is 5.65. The van der Waals surface area contributed by atoms with Crippen LogP contribution in [0.2, 0.25) is 0 Å². The third kappa shape index (κ3) is 3.53. The van der Waals surface area contributed by atoms with Gasteiger partial charge in [-0.3, -0.25) is 4.79 Å². The van der Waals surface area contributed by atoms with Gasteiger partial charge in [0.1, 0.15) is 11.6 Å². The Labute approximate surface area is 182 Å². The van der Waals surface area contributed by atoms with E-state index in [1.165, 1.54) is 30.5 Å². The Morgan fingerprint density at radius 2 is 1.75 bits per heavy atom. The van der Waals surface area contributed by atoms with Gasteiger partial charge in [-0.2, -0.15) is 0 Å². The zero-order valence-corrected chi connectivity index (χ0v) is 17.0. The maximum atomic E-state index is 14.4. The summed E-state index contributed by atoms with van der Waals surface area (Å²) in [6.45, 7) is 1.55. The van der Waals surface area contributed by atoms with E-state index >= 15 is 0 Å². The Kier molecular flexibility index (Phi) is 4.97. The lowest BCUT2D eigenvalue weighted by Gasteiger charge is -2.16. The van der Waals surface area contributed by atoms with E-state index in [1.54, 1.807) is 24.3 Å². The predicted octanol–water partition coefficient (Wildman–Crippen LogP) is 5.19. The number of carbonyl (C=O) groups is 1. The third-order valence-corrected chi connectivity index (χ3v) is 5.65. The van der Waals surface area contributed by atoms with E-state index in [0.29, 0.717) is 27.8 Å². The molecule has 1 aliphatic rings. The number of aromatic hydroxyl groups is 1. The zero-order valence-electron chi connectivity index (χ0n) is 17.0. The molecule has 2 aromatic carbocycles. The van der Waals surface area contributed by atoms with E-state index < -0.39 is 11.6 Å². The molecule has 3 heterocycles. The first kappa shape index (κ1) is 20.0. The van der Waals surface area contributed by atoms with Crippen molar-refractivity contribution < 1.29 is 18.7 Å². The summed E-state index contributed by atoms with van der Waals surface area (Å²) in [6.07, 6.45) is 3.51. The summed E-state index contributed by atoms with van der Waals surface area (Å²) in [4.78, 5) is 21.4. The van der Waals surface area contributed by atoms with Crippen LogP contribution in [-0.4, -0.2) is 39.0 Å². The van der Waals surface area contributed by atoms with Crippen LogP contribution in [0.25, 0.3) is 22.2 Å². The van der Waals surface area contributed by atoms with Crippen LogP contribution < -0.4 is 5.32 Å². The molecule has 0 aliphatic carbocycles. The van der Waals surface area contributed by atoms with Crippen LogP contribution in [0, 0.1) is 11.6 Å². The van der Waals surface area contributed by atoms with Crippen molar-refractivity contribution in [2.75, 3.05) is 18.4 Å². The summed E-state index contributed by atoms with van der Waals surface area (Å²) in [6, 6.07) is 12.1. The highest BCUT2D eigenvalue weighted by Crippen LogP contribution is 2.36. The van der Waals surface area contributed by atoms with Gasteiger partial charge in [-0.1, -0.05) is 6.07 Å². The van der Waals surface area contributed by atoms with E-state index in [2.05, 4.69) is 15.3 Å². The standard InChI is InChI=1S/C24H20F2N4O2/c25-16-4-3-5-17(26)21(16)18-12-19(22-20(29-18)13-27-23(22)31)28-15-8-6-14(7-9-15)24(32)30-10-1-2-11-30/h3-9,12-13,27-28,31H,1-2,10-11H2. The van der Waals surface area contributed by atoms with Gasteiger partial charge in [0.15, 0.2) is 5.88 Å². The summed E-state index contributed by atoms with van der Waals surface area (Å²) in [5.74, 6) is -1.57. The highest BCUT2D eigenvalue weighted by molar-refractivity contribution is 5.99. The van der Waals surface area contributed by atoms with Crippen LogP contribution in [0.5, 0.6) is 5.88 Å². The Morgan fingerprint density at radius 3 is 2.44 bits per heavy atom. The Hall–Kier alpha value is -3.94. The molecular weight excluding hydrogens is 414 g/mol. The molecule has 0 atom stereocenters. The summed E-state index contributed by atoms with van der Waals surface area (Å²) in [5.41, 5.74) is 1.86. The predicted molar refractivity (Wildman–Crippen MR) is 118 cm³/mol. The molecule has 8 heteroatoms. The van der Waals surface area contributed by atoms with E-state index in [4.69, 9.17) is 0 Å². The average Bonchev–Trinajstić information content (AvgIpc) is 3.44. The molecule has 32 heavy (non-hydrogen) atoms. The van der Waals surface area contributed by atoms with Gasteiger partial charge in [0.25, 0.3) is 5.91 Å². The largest absolute Gasteiger partial charge is 0.494 e. The van der Waals surface area contributed by atoms with Gasteiger partial charge in [-0.25, -0.2) is 13.8 Å². The van der Waals surface area contributed by atoms with Gasteiger partial charge in [0.05, 0.1) is 27.8 Å². The molecule has 0 unspecified atom stereocenters. The Bertz CT molecular complexity index is 1290. The summed E-state index contributed by atoms with van der Waals surface area (Å²) in [7, 11) is 0. The topological polar surface area (TPSA) is 81.2 Å². The van der Waals surface area contributed by atoms with Crippen molar-refractivity contribution in [2.24, 2.45) is 0 Å². The molecule has 0 spiro atoms. The Balaban J connectivity index is 1.51. The van der Waals surface area contributed by atoms with Crippen molar-refractivity contribution in [3.05, 3.63) is 71.9 Å². The van der Waals surface area contributed by atoms with Crippen LogP contribution in [0.1, 0.15) is 23.2 Å². The number of amides is 1. The number of H-pyrrole nitrogens is 1. The number of hydrogen-bond donors (Lipinski definition) is 3. The molecular formula is C24H20F2N4O2. The van der Waals surface area contributed by atoms with E-state index in [1.807, 2.05) is 4.90 Å². The fraction of sp³-hybridized carbons (Fsp3) is 0.167. The van der Waals surface area contributed by atoms with Gasteiger partial charge in [-0.15, -0.1) is 0 Å². The molecule has 0 saturated carbocycles. The normalized spacial score (nSPS) is 13.6. The summed E-state index contributed by atoms with van der Waals surface area (Å²) >= 11 is 0. The van der Waals surface area contributed by atoms with Crippen LogP contribution in [0.3, 0.4) is 0 Å². The quantitative estimate of drug-likeness (QED) is 0.413. The molecule has 5 rings (SSSR count). The van der Waals surface area contributed by atoms with E-state index in [9.17, 15) is 18.7 Å². The average molecular weight is 434 g/mol. The number of aromatic nitrogens is 2. The van der Waals surface area contributed by atoms with Crippen molar-refractivity contribution in [1.82, 2.24) is 14.9 Å². The number of likely N-dealkylation sites (tertiary alicyclic amines) is 1.